The quantitative estimate of drug-likeness (QED) is 0.601. The molecule has 0 aromatic heterocycles. The number of carbonyl (C=O) groups is 2. The van der Waals surface area contributed by atoms with Gasteiger partial charge in [-0.05, 0) is 50.1 Å². The van der Waals surface area contributed by atoms with Crippen LogP contribution in [0.4, 0.5) is 0 Å². The van der Waals surface area contributed by atoms with Gasteiger partial charge in [0.15, 0.2) is 5.96 Å². The summed E-state index contributed by atoms with van der Waals surface area (Å²) in [6, 6.07) is 11.6. The number of hydrogen-bond donors (Lipinski definition) is 3. The van der Waals surface area contributed by atoms with Crippen LogP contribution in [-0.4, -0.2) is 58.7 Å². The van der Waals surface area contributed by atoms with Crippen molar-refractivity contribution in [2.24, 2.45) is 10.7 Å². The minimum atomic E-state index is -1.11. The zero-order valence-electron chi connectivity index (χ0n) is 20.9. The summed E-state index contributed by atoms with van der Waals surface area (Å²) < 4.78 is 11.6. The van der Waals surface area contributed by atoms with Crippen molar-refractivity contribution in [1.29, 1.82) is 0 Å². The molecule has 190 valence electrons. The standard InChI is InChI=1S/C27H32N4O5/c1-26(2)13-21(32)31(25(28)30-26)22-18-11-15(9-10-19(18)36-14-20(22)35-4)24(33)29-23-17-8-6-5-7-16(17)12-27(23,3)34/h5-11,20,22-23,34H,12-14H2,1-4H3,(H2,28,30)(H,29,33)/t20?,22?,23-,27-/m1/s1. The lowest BCUT2D eigenvalue weighted by Gasteiger charge is -2.42. The summed E-state index contributed by atoms with van der Waals surface area (Å²) >= 11 is 0. The van der Waals surface area contributed by atoms with Gasteiger partial charge in [-0.1, -0.05) is 24.3 Å². The molecule has 0 bridgehead atoms. The fourth-order valence-electron chi connectivity index (χ4n) is 5.55. The minimum Gasteiger partial charge on any atom is -0.490 e. The first-order valence-electron chi connectivity index (χ1n) is 12.1. The molecule has 5 rings (SSSR count). The number of fused-ring (bicyclic) bond motifs is 2. The molecule has 36 heavy (non-hydrogen) atoms. The Morgan fingerprint density at radius 1 is 1.19 bits per heavy atom. The van der Waals surface area contributed by atoms with Gasteiger partial charge in [-0.25, -0.2) is 4.99 Å². The topological polar surface area (TPSA) is 126 Å². The van der Waals surface area contributed by atoms with Crippen LogP contribution in [0.3, 0.4) is 0 Å². The molecule has 0 radical (unpaired) electrons. The van der Waals surface area contributed by atoms with E-state index in [-0.39, 0.29) is 30.8 Å². The molecule has 2 heterocycles. The van der Waals surface area contributed by atoms with Gasteiger partial charge in [0.2, 0.25) is 5.91 Å². The second-order valence-electron chi connectivity index (χ2n) is 10.6. The molecular formula is C27H32N4O5. The summed E-state index contributed by atoms with van der Waals surface area (Å²) in [5.74, 6) is 0.157. The molecular weight excluding hydrogens is 460 g/mol. The van der Waals surface area contributed by atoms with Gasteiger partial charge in [-0.15, -0.1) is 0 Å². The van der Waals surface area contributed by atoms with E-state index >= 15 is 0 Å². The highest BCUT2D eigenvalue weighted by Crippen LogP contribution is 2.41. The molecule has 0 fully saturated rings. The summed E-state index contributed by atoms with van der Waals surface area (Å²) in [5.41, 5.74) is 7.48. The number of aliphatic imine (C=N–C) groups is 1. The van der Waals surface area contributed by atoms with Gasteiger partial charge in [0.25, 0.3) is 5.91 Å². The number of ether oxygens (including phenoxy) is 2. The fraction of sp³-hybridized carbons (Fsp3) is 0.444. The van der Waals surface area contributed by atoms with Crippen molar-refractivity contribution in [3.8, 4) is 5.75 Å². The van der Waals surface area contributed by atoms with Gasteiger partial charge in [-0.2, -0.15) is 0 Å². The van der Waals surface area contributed by atoms with E-state index in [2.05, 4.69) is 10.3 Å². The lowest BCUT2D eigenvalue weighted by Crippen LogP contribution is -2.55. The van der Waals surface area contributed by atoms with Crippen molar-refractivity contribution in [1.82, 2.24) is 10.2 Å². The Kier molecular flexibility index (Phi) is 5.80. The molecule has 9 nitrogen and oxygen atoms in total. The molecule has 1 aliphatic carbocycles. The van der Waals surface area contributed by atoms with Gasteiger partial charge >= 0.3 is 0 Å². The number of nitrogens with one attached hydrogen (secondary N) is 1. The summed E-state index contributed by atoms with van der Waals surface area (Å²) in [7, 11) is 1.55. The van der Waals surface area contributed by atoms with Crippen LogP contribution in [0, 0.1) is 0 Å². The second kappa shape index (κ2) is 8.60. The van der Waals surface area contributed by atoms with Gasteiger partial charge in [0.05, 0.1) is 29.6 Å². The number of nitrogens with zero attached hydrogens (tertiary/aromatic N) is 2. The van der Waals surface area contributed by atoms with E-state index in [1.165, 1.54) is 4.90 Å². The lowest BCUT2D eigenvalue weighted by molar-refractivity contribution is -0.134. The number of benzene rings is 2. The average Bonchev–Trinajstić information content (AvgIpc) is 3.06. The summed E-state index contributed by atoms with van der Waals surface area (Å²) in [5, 5.41) is 14.0. The molecule has 2 amide bonds. The van der Waals surface area contributed by atoms with Crippen molar-refractivity contribution in [3.63, 3.8) is 0 Å². The molecule has 2 aromatic rings. The lowest BCUT2D eigenvalue weighted by atomic mass is 9.91. The van der Waals surface area contributed by atoms with E-state index in [0.717, 1.165) is 11.1 Å². The zero-order valence-corrected chi connectivity index (χ0v) is 20.9. The Morgan fingerprint density at radius 2 is 1.94 bits per heavy atom. The van der Waals surface area contributed by atoms with Gasteiger partial charge in [0.1, 0.15) is 18.5 Å². The van der Waals surface area contributed by atoms with Crippen molar-refractivity contribution >= 4 is 17.8 Å². The molecule has 0 spiro atoms. The maximum atomic E-state index is 13.4. The van der Waals surface area contributed by atoms with Crippen LogP contribution in [0.1, 0.15) is 66.3 Å². The molecule has 4 N–H and O–H groups in total. The van der Waals surface area contributed by atoms with Gasteiger partial charge < -0.3 is 25.6 Å². The number of nitrogens with two attached hydrogens (primary N) is 1. The fourth-order valence-corrected chi connectivity index (χ4v) is 5.55. The SMILES string of the molecule is COC1COc2ccc(C(=O)N[C@@H]3c4ccccc4C[C@@]3(C)O)cc2C1N1C(=O)CC(C)(C)N=C1N. The first kappa shape index (κ1) is 24.3. The van der Waals surface area contributed by atoms with Gasteiger partial charge in [-0.3, -0.25) is 14.5 Å². The number of rotatable bonds is 4. The van der Waals surface area contributed by atoms with E-state index in [0.29, 0.717) is 23.3 Å². The van der Waals surface area contributed by atoms with Crippen LogP contribution >= 0.6 is 0 Å². The second-order valence-corrected chi connectivity index (χ2v) is 10.6. The molecule has 2 unspecified atom stereocenters. The monoisotopic (exact) mass is 492 g/mol. The normalized spacial score (nSPS) is 28.6. The van der Waals surface area contributed by atoms with Crippen molar-refractivity contribution in [3.05, 3.63) is 64.7 Å². The largest absolute Gasteiger partial charge is 0.490 e. The molecule has 0 saturated heterocycles. The minimum absolute atomic E-state index is 0.115. The van der Waals surface area contributed by atoms with Crippen LogP contribution in [-0.2, 0) is 16.0 Å². The number of guanidine groups is 1. The highest BCUT2D eigenvalue weighted by molar-refractivity contribution is 6.00. The van der Waals surface area contributed by atoms with Crippen LogP contribution in [0.2, 0.25) is 0 Å². The maximum absolute atomic E-state index is 13.4. The Labute approximate surface area is 210 Å². The number of amides is 2. The van der Waals surface area contributed by atoms with Crippen molar-refractivity contribution < 1.29 is 24.2 Å². The molecule has 0 saturated carbocycles. The maximum Gasteiger partial charge on any atom is 0.251 e. The van der Waals surface area contributed by atoms with E-state index in [1.807, 2.05) is 38.1 Å². The van der Waals surface area contributed by atoms with E-state index < -0.39 is 29.3 Å². The zero-order chi connectivity index (χ0) is 25.8. The Bertz CT molecular complexity index is 1250. The smallest absolute Gasteiger partial charge is 0.251 e. The average molecular weight is 493 g/mol. The highest BCUT2D eigenvalue weighted by Gasteiger charge is 2.45. The number of aliphatic hydroxyl groups is 1. The van der Waals surface area contributed by atoms with Crippen LogP contribution in [0.15, 0.2) is 47.5 Å². The Morgan fingerprint density at radius 3 is 2.67 bits per heavy atom. The first-order valence-corrected chi connectivity index (χ1v) is 12.1. The molecule has 2 aliphatic heterocycles. The van der Waals surface area contributed by atoms with E-state index in [1.54, 1.807) is 32.2 Å². The van der Waals surface area contributed by atoms with E-state index in [4.69, 9.17) is 15.2 Å². The number of methoxy groups -OCH3 is 1. The van der Waals surface area contributed by atoms with Crippen LogP contribution in [0.5, 0.6) is 5.75 Å². The predicted molar refractivity (Wildman–Crippen MR) is 134 cm³/mol. The molecule has 4 atom stereocenters. The third-order valence-corrected chi connectivity index (χ3v) is 7.26. The summed E-state index contributed by atoms with van der Waals surface area (Å²) in [4.78, 5) is 32.6. The van der Waals surface area contributed by atoms with Crippen molar-refractivity contribution in [2.75, 3.05) is 13.7 Å². The molecule has 2 aromatic carbocycles. The number of hydrogen-bond acceptors (Lipinski definition) is 7. The Hall–Kier alpha value is -3.43. The van der Waals surface area contributed by atoms with Crippen LogP contribution < -0.4 is 15.8 Å². The van der Waals surface area contributed by atoms with Gasteiger partial charge in [0, 0.05) is 24.7 Å². The Balaban J connectivity index is 1.49. The third-order valence-electron chi connectivity index (χ3n) is 7.26. The van der Waals surface area contributed by atoms with Crippen LogP contribution in [0.25, 0.3) is 0 Å². The number of carbonyl (C=O) groups excluding carboxylic acids is 2. The summed E-state index contributed by atoms with van der Waals surface area (Å²) in [6.45, 7) is 5.67. The highest BCUT2D eigenvalue weighted by atomic mass is 16.5. The third kappa shape index (κ3) is 4.12. The first-order chi connectivity index (χ1) is 17.0. The van der Waals surface area contributed by atoms with E-state index in [9.17, 15) is 14.7 Å². The van der Waals surface area contributed by atoms with Crippen molar-refractivity contribution in [2.45, 2.75) is 62.9 Å². The predicted octanol–water partition coefficient (Wildman–Crippen LogP) is 2.24. The molecule has 3 aliphatic rings. The summed E-state index contributed by atoms with van der Waals surface area (Å²) in [6.07, 6.45) is 0.153. The molecule has 9 heteroatoms.